The minimum Gasteiger partial charge on any atom is -0.372 e. The van der Waals surface area contributed by atoms with Gasteiger partial charge in [-0.25, -0.2) is 4.39 Å². The molecule has 18 heavy (non-hydrogen) atoms. The Hall–Kier alpha value is -2.27. The maximum Gasteiger partial charge on any atom is 0.146 e. The van der Waals surface area contributed by atoms with Gasteiger partial charge in [-0.2, -0.15) is 0 Å². The fourth-order valence-corrected chi connectivity index (χ4v) is 1.58. The molecule has 0 atom stereocenters. The smallest absolute Gasteiger partial charge is 0.146 e. The SMILES string of the molecule is Cc1ccc(F)c(NCC#Cc2ccccc2)c1. The van der Waals surface area contributed by atoms with Crippen molar-refractivity contribution in [1.29, 1.82) is 0 Å². The Morgan fingerprint density at radius 3 is 2.67 bits per heavy atom. The van der Waals surface area contributed by atoms with Gasteiger partial charge in [0.15, 0.2) is 0 Å². The topological polar surface area (TPSA) is 12.0 Å². The lowest BCUT2D eigenvalue weighted by atomic mass is 10.2. The van der Waals surface area contributed by atoms with E-state index in [4.69, 9.17) is 0 Å². The van der Waals surface area contributed by atoms with Crippen molar-refractivity contribution in [3.63, 3.8) is 0 Å². The molecule has 0 unspecified atom stereocenters. The molecular weight excluding hydrogens is 225 g/mol. The Morgan fingerprint density at radius 1 is 1.11 bits per heavy atom. The molecule has 0 heterocycles. The molecule has 0 bridgehead atoms. The summed E-state index contributed by atoms with van der Waals surface area (Å²) in [5.41, 5.74) is 2.48. The zero-order valence-electron chi connectivity index (χ0n) is 10.2. The van der Waals surface area contributed by atoms with E-state index in [9.17, 15) is 4.39 Å². The van der Waals surface area contributed by atoms with E-state index >= 15 is 0 Å². The zero-order valence-corrected chi connectivity index (χ0v) is 10.2. The van der Waals surface area contributed by atoms with Gasteiger partial charge in [-0.05, 0) is 36.8 Å². The van der Waals surface area contributed by atoms with Crippen LogP contribution in [0.25, 0.3) is 0 Å². The van der Waals surface area contributed by atoms with E-state index in [-0.39, 0.29) is 5.82 Å². The maximum absolute atomic E-state index is 13.4. The van der Waals surface area contributed by atoms with Crippen molar-refractivity contribution >= 4 is 5.69 Å². The van der Waals surface area contributed by atoms with E-state index < -0.39 is 0 Å². The molecule has 0 aromatic heterocycles. The Balaban J connectivity index is 1.97. The first-order chi connectivity index (χ1) is 8.75. The first kappa shape index (κ1) is 12.2. The molecule has 1 nitrogen and oxygen atoms in total. The van der Waals surface area contributed by atoms with E-state index in [0.717, 1.165) is 11.1 Å². The third kappa shape index (κ3) is 3.36. The zero-order chi connectivity index (χ0) is 12.8. The lowest BCUT2D eigenvalue weighted by Crippen LogP contribution is -2.01. The Bertz CT molecular complexity index is 579. The highest BCUT2D eigenvalue weighted by atomic mass is 19.1. The number of hydrogen-bond acceptors (Lipinski definition) is 1. The van der Waals surface area contributed by atoms with Crippen LogP contribution in [0, 0.1) is 24.6 Å². The highest BCUT2D eigenvalue weighted by molar-refractivity contribution is 5.48. The van der Waals surface area contributed by atoms with Crippen LogP contribution >= 0.6 is 0 Å². The van der Waals surface area contributed by atoms with Gasteiger partial charge in [0.2, 0.25) is 0 Å². The van der Waals surface area contributed by atoms with Gasteiger partial charge in [-0.15, -0.1) is 0 Å². The highest BCUT2D eigenvalue weighted by Crippen LogP contribution is 2.14. The quantitative estimate of drug-likeness (QED) is 0.790. The number of benzene rings is 2. The van der Waals surface area contributed by atoms with Gasteiger partial charge in [0.1, 0.15) is 5.82 Å². The van der Waals surface area contributed by atoms with E-state index in [1.165, 1.54) is 6.07 Å². The lowest BCUT2D eigenvalue weighted by molar-refractivity contribution is 0.630. The Kier molecular flexibility index (Phi) is 3.98. The molecule has 0 aliphatic heterocycles. The molecule has 1 N–H and O–H groups in total. The Labute approximate surface area is 107 Å². The molecule has 0 amide bonds. The van der Waals surface area contributed by atoms with Crippen LogP contribution in [0.15, 0.2) is 48.5 Å². The maximum atomic E-state index is 13.4. The molecule has 0 radical (unpaired) electrons. The second kappa shape index (κ2) is 5.88. The molecule has 0 aliphatic carbocycles. The predicted octanol–water partition coefficient (Wildman–Crippen LogP) is 3.60. The van der Waals surface area contributed by atoms with Gasteiger partial charge >= 0.3 is 0 Å². The largest absolute Gasteiger partial charge is 0.372 e. The van der Waals surface area contributed by atoms with E-state index in [2.05, 4.69) is 17.2 Å². The fourth-order valence-electron chi connectivity index (χ4n) is 1.58. The number of hydrogen-bond donors (Lipinski definition) is 1. The van der Waals surface area contributed by atoms with Crippen molar-refractivity contribution in [2.45, 2.75) is 6.92 Å². The van der Waals surface area contributed by atoms with Crippen LogP contribution in [0.2, 0.25) is 0 Å². The monoisotopic (exact) mass is 239 g/mol. The Morgan fingerprint density at radius 2 is 1.89 bits per heavy atom. The molecule has 0 aliphatic rings. The summed E-state index contributed by atoms with van der Waals surface area (Å²) < 4.78 is 13.4. The third-order valence-electron chi connectivity index (χ3n) is 2.50. The molecule has 90 valence electrons. The second-order valence-corrected chi connectivity index (χ2v) is 4.00. The minimum absolute atomic E-state index is 0.248. The van der Waals surface area contributed by atoms with E-state index in [0.29, 0.717) is 12.2 Å². The van der Waals surface area contributed by atoms with Crippen LogP contribution in [-0.2, 0) is 0 Å². The summed E-state index contributed by atoms with van der Waals surface area (Å²) in [6.07, 6.45) is 0. The van der Waals surface area contributed by atoms with Crippen LogP contribution in [0.1, 0.15) is 11.1 Å². The highest BCUT2D eigenvalue weighted by Gasteiger charge is 1.99. The summed E-state index contributed by atoms with van der Waals surface area (Å²) in [7, 11) is 0. The van der Waals surface area contributed by atoms with Crippen molar-refractivity contribution in [2.24, 2.45) is 0 Å². The van der Waals surface area contributed by atoms with Crippen molar-refractivity contribution in [3.05, 3.63) is 65.5 Å². The molecular formula is C16H14FN. The van der Waals surface area contributed by atoms with Crippen molar-refractivity contribution in [1.82, 2.24) is 0 Å². The molecule has 0 saturated carbocycles. The predicted molar refractivity (Wildman–Crippen MR) is 72.9 cm³/mol. The van der Waals surface area contributed by atoms with Crippen LogP contribution in [0.4, 0.5) is 10.1 Å². The minimum atomic E-state index is -0.248. The first-order valence-electron chi connectivity index (χ1n) is 5.79. The molecule has 0 saturated heterocycles. The van der Waals surface area contributed by atoms with E-state index in [1.807, 2.05) is 37.3 Å². The van der Waals surface area contributed by atoms with Crippen molar-refractivity contribution in [2.75, 3.05) is 11.9 Å². The summed E-state index contributed by atoms with van der Waals surface area (Å²) in [6, 6.07) is 14.7. The van der Waals surface area contributed by atoms with Gasteiger partial charge < -0.3 is 5.32 Å². The van der Waals surface area contributed by atoms with Crippen molar-refractivity contribution < 1.29 is 4.39 Å². The summed E-state index contributed by atoms with van der Waals surface area (Å²) in [6.45, 7) is 2.36. The van der Waals surface area contributed by atoms with Gasteiger partial charge in [-0.1, -0.05) is 36.1 Å². The molecule has 2 aromatic carbocycles. The third-order valence-corrected chi connectivity index (χ3v) is 2.50. The van der Waals surface area contributed by atoms with Gasteiger partial charge in [0.05, 0.1) is 12.2 Å². The van der Waals surface area contributed by atoms with E-state index in [1.54, 1.807) is 12.1 Å². The molecule has 0 fully saturated rings. The molecule has 0 spiro atoms. The van der Waals surface area contributed by atoms with Crippen LogP contribution in [-0.4, -0.2) is 6.54 Å². The van der Waals surface area contributed by atoms with Gasteiger partial charge in [0, 0.05) is 5.56 Å². The molecule has 2 rings (SSSR count). The first-order valence-corrected chi connectivity index (χ1v) is 5.79. The number of nitrogens with one attached hydrogen (secondary N) is 1. The van der Waals surface area contributed by atoms with Gasteiger partial charge in [-0.3, -0.25) is 0 Å². The van der Waals surface area contributed by atoms with Gasteiger partial charge in [0.25, 0.3) is 0 Å². The summed E-state index contributed by atoms with van der Waals surface area (Å²) >= 11 is 0. The lowest BCUT2D eigenvalue weighted by Gasteiger charge is -2.04. The number of aryl methyl sites for hydroxylation is 1. The fraction of sp³-hybridized carbons (Fsp3) is 0.125. The molecule has 2 aromatic rings. The van der Waals surface area contributed by atoms with Crippen molar-refractivity contribution in [3.8, 4) is 11.8 Å². The summed E-state index contributed by atoms with van der Waals surface area (Å²) in [5.74, 6) is 5.74. The average Bonchev–Trinajstić information content (AvgIpc) is 2.40. The average molecular weight is 239 g/mol. The number of halogens is 1. The number of rotatable bonds is 2. The van der Waals surface area contributed by atoms with Crippen LogP contribution < -0.4 is 5.32 Å². The van der Waals surface area contributed by atoms with Crippen LogP contribution in [0.3, 0.4) is 0 Å². The molecule has 2 heteroatoms. The standard InChI is InChI=1S/C16H14FN/c1-13-9-10-15(17)16(12-13)18-11-5-8-14-6-3-2-4-7-14/h2-4,6-7,9-10,12,18H,11H2,1H3. The summed E-state index contributed by atoms with van der Waals surface area (Å²) in [4.78, 5) is 0. The normalized spacial score (nSPS) is 9.44. The van der Waals surface area contributed by atoms with Crippen LogP contribution in [0.5, 0.6) is 0 Å². The number of anilines is 1. The summed E-state index contributed by atoms with van der Waals surface area (Å²) in [5, 5.41) is 2.98. The second-order valence-electron chi connectivity index (χ2n) is 4.00.